The highest BCUT2D eigenvalue weighted by Gasteiger charge is 2.00. The van der Waals surface area contributed by atoms with Gasteiger partial charge in [-0.1, -0.05) is 17.7 Å². The molecule has 2 aromatic heterocycles. The van der Waals surface area contributed by atoms with E-state index in [4.69, 9.17) is 11.6 Å². The molecule has 0 bridgehead atoms. The first kappa shape index (κ1) is 12.2. The zero-order valence-corrected chi connectivity index (χ0v) is 11.5. The van der Waals surface area contributed by atoms with Crippen molar-refractivity contribution in [1.82, 2.24) is 14.8 Å². The lowest BCUT2D eigenvalue weighted by molar-refractivity contribution is 1.05. The Morgan fingerprint density at radius 2 is 2.05 bits per heavy atom. The minimum Gasteiger partial charge on any atom is -0.380 e. The fourth-order valence-electron chi connectivity index (χ4n) is 1.75. The Bertz CT molecular complexity index is 663. The number of rotatable bonds is 4. The van der Waals surface area contributed by atoms with E-state index in [1.807, 2.05) is 34.2 Å². The molecule has 0 amide bonds. The van der Waals surface area contributed by atoms with Gasteiger partial charge >= 0.3 is 0 Å². The van der Waals surface area contributed by atoms with Gasteiger partial charge in [-0.25, -0.2) is 0 Å². The van der Waals surface area contributed by atoms with Crippen LogP contribution in [-0.2, 0) is 6.54 Å². The molecule has 0 aliphatic heterocycles. The van der Waals surface area contributed by atoms with Crippen LogP contribution in [0.4, 0.5) is 5.69 Å². The molecule has 0 radical (unpaired) electrons. The zero-order chi connectivity index (χ0) is 13.1. The smallest absolute Gasteiger partial charge is 0.123 e. The number of hydrogen-bond acceptors (Lipinski definition) is 4. The second-order valence-corrected chi connectivity index (χ2v) is 5.44. The molecule has 4 nitrogen and oxygen atoms in total. The maximum atomic E-state index is 5.90. The molecule has 0 unspecified atom stereocenters. The van der Waals surface area contributed by atoms with Crippen LogP contribution in [0.2, 0.25) is 5.02 Å². The van der Waals surface area contributed by atoms with Crippen LogP contribution in [0.5, 0.6) is 0 Å². The summed E-state index contributed by atoms with van der Waals surface area (Å²) < 4.78 is 1.87. The molecular weight excluding hydrogens is 280 g/mol. The van der Waals surface area contributed by atoms with E-state index >= 15 is 0 Å². The first-order valence-corrected chi connectivity index (χ1v) is 6.99. The quantitative estimate of drug-likeness (QED) is 0.798. The van der Waals surface area contributed by atoms with Crippen molar-refractivity contribution >= 4 is 28.6 Å². The molecule has 3 rings (SSSR count). The normalized spacial score (nSPS) is 10.6. The highest BCUT2D eigenvalue weighted by Crippen LogP contribution is 2.21. The number of nitrogens with one attached hydrogen (secondary N) is 1. The van der Waals surface area contributed by atoms with Gasteiger partial charge in [-0.05, 0) is 24.3 Å². The van der Waals surface area contributed by atoms with Crippen molar-refractivity contribution in [3.05, 3.63) is 58.3 Å². The zero-order valence-electron chi connectivity index (χ0n) is 9.95. The van der Waals surface area contributed by atoms with Gasteiger partial charge < -0.3 is 5.32 Å². The maximum Gasteiger partial charge on any atom is 0.123 e. The summed E-state index contributed by atoms with van der Waals surface area (Å²) >= 11 is 7.55. The molecule has 2 heterocycles. The van der Waals surface area contributed by atoms with Crippen LogP contribution in [0.3, 0.4) is 0 Å². The SMILES string of the molecule is Clc1csc(CNc2cccc(-n3cnnc3)c2)c1. The molecular formula is C13H11ClN4S. The van der Waals surface area contributed by atoms with Gasteiger partial charge in [0.05, 0.1) is 10.7 Å². The van der Waals surface area contributed by atoms with Crippen molar-refractivity contribution in [2.24, 2.45) is 0 Å². The summed E-state index contributed by atoms with van der Waals surface area (Å²) in [5.41, 5.74) is 2.08. The van der Waals surface area contributed by atoms with E-state index in [2.05, 4.69) is 21.6 Å². The largest absolute Gasteiger partial charge is 0.380 e. The molecule has 0 atom stereocenters. The third-order valence-corrected chi connectivity index (χ3v) is 3.94. The fourth-order valence-corrected chi connectivity index (χ4v) is 2.76. The maximum absolute atomic E-state index is 5.90. The number of nitrogens with zero attached hydrogens (tertiary/aromatic N) is 3. The van der Waals surface area contributed by atoms with E-state index < -0.39 is 0 Å². The predicted octanol–water partition coefficient (Wildman–Crippen LogP) is 3.59. The van der Waals surface area contributed by atoms with Gasteiger partial charge in [0.25, 0.3) is 0 Å². The van der Waals surface area contributed by atoms with E-state index in [1.54, 1.807) is 24.0 Å². The van der Waals surface area contributed by atoms with E-state index in [9.17, 15) is 0 Å². The average Bonchev–Trinajstić information content (AvgIpc) is 3.08. The van der Waals surface area contributed by atoms with E-state index in [1.165, 1.54) is 4.88 Å². The van der Waals surface area contributed by atoms with Crippen LogP contribution in [0.1, 0.15) is 4.88 Å². The molecule has 0 saturated heterocycles. The van der Waals surface area contributed by atoms with Gasteiger partial charge in [-0.15, -0.1) is 21.5 Å². The average molecular weight is 291 g/mol. The third-order valence-electron chi connectivity index (χ3n) is 2.65. The summed E-state index contributed by atoms with van der Waals surface area (Å²) in [7, 11) is 0. The summed E-state index contributed by atoms with van der Waals surface area (Å²) in [5.74, 6) is 0. The van der Waals surface area contributed by atoms with E-state index in [0.717, 1.165) is 22.9 Å². The summed E-state index contributed by atoms with van der Waals surface area (Å²) in [6, 6.07) is 10.1. The monoisotopic (exact) mass is 290 g/mol. The number of anilines is 1. The molecule has 0 aliphatic rings. The Balaban J connectivity index is 1.73. The van der Waals surface area contributed by atoms with E-state index in [0.29, 0.717) is 0 Å². The summed E-state index contributed by atoms with van der Waals surface area (Å²) in [6.07, 6.45) is 3.36. The Morgan fingerprint density at radius 1 is 1.21 bits per heavy atom. The molecule has 0 fully saturated rings. The molecule has 0 spiro atoms. The minimum absolute atomic E-state index is 0.767. The molecule has 1 aromatic carbocycles. The molecule has 1 N–H and O–H groups in total. The van der Waals surface area contributed by atoms with Gasteiger partial charge in [0.2, 0.25) is 0 Å². The number of thiophene rings is 1. The lowest BCUT2D eigenvalue weighted by atomic mass is 10.2. The Kier molecular flexibility index (Phi) is 3.48. The molecule has 0 saturated carbocycles. The van der Waals surface area contributed by atoms with Crippen molar-refractivity contribution in [1.29, 1.82) is 0 Å². The predicted molar refractivity (Wildman–Crippen MR) is 78.0 cm³/mol. The van der Waals surface area contributed by atoms with Crippen molar-refractivity contribution in [2.45, 2.75) is 6.54 Å². The van der Waals surface area contributed by atoms with Crippen molar-refractivity contribution in [3.8, 4) is 5.69 Å². The summed E-state index contributed by atoms with van der Waals surface area (Å²) in [6.45, 7) is 0.767. The fraction of sp³-hybridized carbons (Fsp3) is 0.0769. The Hall–Kier alpha value is -1.85. The van der Waals surface area contributed by atoms with Crippen LogP contribution in [0.15, 0.2) is 48.4 Å². The lowest BCUT2D eigenvalue weighted by Crippen LogP contribution is -1.98. The van der Waals surface area contributed by atoms with E-state index in [-0.39, 0.29) is 0 Å². The van der Waals surface area contributed by atoms with Gasteiger partial charge in [-0.3, -0.25) is 4.57 Å². The first-order valence-electron chi connectivity index (χ1n) is 5.73. The molecule has 3 aromatic rings. The Morgan fingerprint density at radius 3 is 2.79 bits per heavy atom. The van der Waals surface area contributed by atoms with Gasteiger partial charge in [0, 0.05) is 22.5 Å². The second-order valence-electron chi connectivity index (χ2n) is 4.00. The number of aromatic nitrogens is 3. The molecule has 96 valence electrons. The van der Waals surface area contributed by atoms with Crippen LogP contribution in [0.25, 0.3) is 5.69 Å². The van der Waals surface area contributed by atoms with Crippen molar-refractivity contribution in [2.75, 3.05) is 5.32 Å². The van der Waals surface area contributed by atoms with Crippen molar-refractivity contribution in [3.63, 3.8) is 0 Å². The number of benzene rings is 1. The standard InChI is InChI=1S/C13H11ClN4S/c14-10-4-13(19-7-10)6-15-11-2-1-3-12(5-11)18-8-16-17-9-18/h1-5,7-9,15H,6H2. The number of halogens is 1. The second kappa shape index (κ2) is 5.42. The van der Waals surface area contributed by atoms with Gasteiger partial charge in [0.1, 0.15) is 12.7 Å². The molecule has 0 aliphatic carbocycles. The van der Waals surface area contributed by atoms with Gasteiger partial charge in [-0.2, -0.15) is 0 Å². The van der Waals surface area contributed by atoms with Crippen LogP contribution in [-0.4, -0.2) is 14.8 Å². The van der Waals surface area contributed by atoms with Crippen molar-refractivity contribution < 1.29 is 0 Å². The van der Waals surface area contributed by atoms with Crippen LogP contribution < -0.4 is 5.32 Å². The highest BCUT2D eigenvalue weighted by molar-refractivity contribution is 7.10. The summed E-state index contributed by atoms with van der Waals surface area (Å²) in [4.78, 5) is 1.21. The molecule has 6 heteroatoms. The van der Waals surface area contributed by atoms with Gasteiger partial charge in [0.15, 0.2) is 0 Å². The Labute approximate surface area is 119 Å². The molecule has 19 heavy (non-hydrogen) atoms. The lowest BCUT2D eigenvalue weighted by Gasteiger charge is -2.07. The third kappa shape index (κ3) is 2.94. The topological polar surface area (TPSA) is 42.7 Å². The highest BCUT2D eigenvalue weighted by atomic mass is 35.5. The number of hydrogen-bond donors (Lipinski definition) is 1. The van der Waals surface area contributed by atoms with Crippen LogP contribution in [0, 0.1) is 0 Å². The minimum atomic E-state index is 0.767. The van der Waals surface area contributed by atoms with Crippen LogP contribution >= 0.6 is 22.9 Å². The summed E-state index contributed by atoms with van der Waals surface area (Å²) in [5, 5.41) is 13.7. The first-order chi connectivity index (χ1) is 9.31.